The van der Waals surface area contributed by atoms with E-state index < -0.39 is 0 Å². The first-order valence-corrected chi connectivity index (χ1v) is 10.3. The molecule has 0 saturated heterocycles. The van der Waals surface area contributed by atoms with E-state index >= 15 is 0 Å². The number of aliphatic hydroxyl groups is 1. The monoisotopic (exact) mass is 362 g/mol. The maximum Gasteiger partial charge on any atom is 0.0701 e. The van der Waals surface area contributed by atoms with Crippen molar-refractivity contribution in [1.29, 1.82) is 0 Å². The molecule has 5 heteroatoms. The molecule has 1 N–H and O–H groups in total. The maximum atomic E-state index is 8.54. The molecule has 25 heavy (non-hydrogen) atoms. The molecule has 0 aliphatic heterocycles. The van der Waals surface area contributed by atoms with E-state index in [-0.39, 0.29) is 6.61 Å². The summed E-state index contributed by atoms with van der Waals surface area (Å²) in [5.74, 6) is 0.906. The van der Waals surface area contributed by atoms with Crippen LogP contribution in [0.3, 0.4) is 0 Å². The minimum Gasteiger partial charge on any atom is -0.394 e. The highest BCUT2D eigenvalue weighted by atomic mass is 16.6. The van der Waals surface area contributed by atoms with Gasteiger partial charge in [-0.2, -0.15) is 0 Å². The van der Waals surface area contributed by atoms with Gasteiger partial charge in [-0.1, -0.05) is 58.8 Å². The number of hydrogen-bond donors (Lipinski definition) is 1. The van der Waals surface area contributed by atoms with Gasteiger partial charge in [-0.3, -0.25) is 0 Å². The quantitative estimate of drug-likeness (QED) is 0.315. The number of ether oxygens (including phenoxy) is 4. The molecular formula is C20H42O5. The summed E-state index contributed by atoms with van der Waals surface area (Å²) >= 11 is 0. The van der Waals surface area contributed by atoms with Gasteiger partial charge in [0.2, 0.25) is 0 Å². The van der Waals surface area contributed by atoms with E-state index in [1.165, 1.54) is 44.9 Å². The second kappa shape index (κ2) is 21.8. The Morgan fingerprint density at radius 2 is 1.08 bits per heavy atom. The molecule has 0 heterocycles. The van der Waals surface area contributed by atoms with Crippen molar-refractivity contribution in [3.8, 4) is 0 Å². The zero-order chi connectivity index (χ0) is 18.4. The summed E-state index contributed by atoms with van der Waals surface area (Å²) in [6, 6.07) is 0. The van der Waals surface area contributed by atoms with Crippen LogP contribution in [0.25, 0.3) is 0 Å². The molecule has 0 rings (SSSR count). The van der Waals surface area contributed by atoms with E-state index in [4.69, 9.17) is 24.1 Å². The lowest BCUT2D eigenvalue weighted by atomic mass is 9.93. The van der Waals surface area contributed by atoms with E-state index in [1.807, 2.05) is 0 Å². The van der Waals surface area contributed by atoms with Crippen molar-refractivity contribution in [1.82, 2.24) is 0 Å². The fraction of sp³-hybridized carbons (Fsp3) is 1.00. The van der Waals surface area contributed by atoms with E-state index in [1.54, 1.807) is 0 Å². The first-order valence-electron chi connectivity index (χ1n) is 10.3. The van der Waals surface area contributed by atoms with Crippen molar-refractivity contribution in [2.45, 2.75) is 65.2 Å². The van der Waals surface area contributed by atoms with Crippen LogP contribution < -0.4 is 0 Å². The highest BCUT2D eigenvalue weighted by Crippen LogP contribution is 2.19. The lowest BCUT2D eigenvalue weighted by Gasteiger charge is -2.14. The molecule has 0 aromatic rings. The molecular weight excluding hydrogens is 320 g/mol. The number of aliphatic hydroxyl groups excluding tert-OH is 1. The van der Waals surface area contributed by atoms with Gasteiger partial charge in [-0.05, 0) is 12.3 Å². The van der Waals surface area contributed by atoms with Gasteiger partial charge in [0, 0.05) is 6.61 Å². The highest BCUT2D eigenvalue weighted by molar-refractivity contribution is 4.58. The zero-order valence-electron chi connectivity index (χ0n) is 16.7. The Morgan fingerprint density at radius 1 is 0.600 bits per heavy atom. The van der Waals surface area contributed by atoms with Crippen LogP contribution in [0.4, 0.5) is 0 Å². The molecule has 0 aromatic heterocycles. The minimum absolute atomic E-state index is 0.0568. The third-order valence-corrected chi connectivity index (χ3v) is 4.30. The molecule has 0 aliphatic carbocycles. The molecule has 152 valence electrons. The summed E-state index contributed by atoms with van der Waals surface area (Å²) in [4.78, 5) is 0. The summed E-state index contributed by atoms with van der Waals surface area (Å²) in [5.41, 5.74) is 0. The Kier molecular flexibility index (Phi) is 21.7. The van der Waals surface area contributed by atoms with Gasteiger partial charge in [0.1, 0.15) is 0 Å². The van der Waals surface area contributed by atoms with Gasteiger partial charge in [-0.15, -0.1) is 0 Å². The summed E-state index contributed by atoms with van der Waals surface area (Å²) in [6.07, 6.45) is 10.6. The molecule has 1 atom stereocenters. The van der Waals surface area contributed by atoms with E-state index in [9.17, 15) is 0 Å². The predicted molar refractivity (Wildman–Crippen MR) is 102 cm³/mol. The van der Waals surface area contributed by atoms with Gasteiger partial charge in [-0.25, -0.2) is 0 Å². The van der Waals surface area contributed by atoms with Crippen LogP contribution >= 0.6 is 0 Å². The van der Waals surface area contributed by atoms with Gasteiger partial charge in [0.15, 0.2) is 0 Å². The van der Waals surface area contributed by atoms with Crippen LogP contribution in [0.2, 0.25) is 0 Å². The van der Waals surface area contributed by atoms with Crippen LogP contribution in [0.15, 0.2) is 0 Å². The van der Waals surface area contributed by atoms with Gasteiger partial charge < -0.3 is 24.1 Å². The van der Waals surface area contributed by atoms with Gasteiger partial charge in [0.05, 0.1) is 52.9 Å². The molecule has 0 aromatic carbocycles. The average molecular weight is 363 g/mol. The van der Waals surface area contributed by atoms with Gasteiger partial charge in [0.25, 0.3) is 0 Å². The predicted octanol–water partition coefficient (Wildman–Crippen LogP) is 3.82. The van der Waals surface area contributed by atoms with Crippen LogP contribution in [-0.2, 0) is 18.9 Å². The van der Waals surface area contributed by atoms with Crippen molar-refractivity contribution >= 4 is 0 Å². The lowest BCUT2D eigenvalue weighted by molar-refractivity contribution is -0.00582. The van der Waals surface area contributed by atoms with E-state index in [0.717, 1.165) is 18.9 Å². The third kappa shape index (κ3) is 20.0. The van der Waals surface area contributed by atoms with Crippen LogP contribution in [0, 0.1) is 5.92 Å². The Hall–Kier alpha value is -0.200. The van der Waals surface area contributed by atoms with Crippen molar-refractivity contribution in [3.63, 3.8) is 0 Å². The first kappa shape index (κ1) is 24.8. The fourth-order valence-corrected chi connectivity index (χ4v) is 2.70. The van der Waals surface area contributed by atoms with Crippen molar-refractivity contribution < 1.29 is 24.1 Å². The Balaban J connectivity index is 3.15. The largest absolute Gasteiger partial charge is 0.394 e. The molecule has 0 fully saturated rings. The molecule has 5 nitrogen and oxygen atoms in total. The molecule has 0 radical (unpaired) electrons. The van der Waals surface area contributed by atoms with E-state index in [0.29, 0.717) is 46.2 Å². The highest BCUT2D eigenvalue weighted by Gasteiger charge is 2.05. The maximum absolute atomic E-state index is 8.54. The molecule has 0 bridgehead atoms. The summed E-state index contributed by atoms with van der Waals surface area (Å²) < 4.78 is 21.5. The minimum atomic E-state index is 0.0568. The standard InChI is InChI=1S/C20H42O5/c1-3-5-6-9-20(4-2)10-7-8-12-22-14-16-24-18-19-25-17-15-23-13-11-21/h20-21H,3-19H2,1-2H3. The number of unbranched alkanes of at least 4 members (excludes halogenated alkanes) is 3. The van der Waals surface area contributed by atoms with Crippen molar-refractivity contribution in [2.24, 2.45) is 5.92 Å². The molecule has 0 saturated carbocycles. The van der Waals surface area contributed by atoms with Crippen LogP contribution in [0.5, 0.6) is 0 Å². The Morgan fingerprint density at radius 3 is 1.56 bits per heavy atom. The SMILES string of the molecule is CCCCCC(CC)CCCCOCCOCCOCCOCCO. The normalized spacial score (nSPS) is 12.6. The van der Waals surface area contributed by atoms with Gasteiger partial charge >= 0.3 is 0 Å². The zero-order valence-corrected chi connectivity index (χ0v) is 16.7. The van der Waals surface area contributed by atoms with Crippen molar-refractivity contribution in [2.75, 3.05) is 59.5 Å². The average Bonchev–Trinajstić information content (AvgIpc) is 2.63. The lowest BCUT2D eigenvalue weighted by Crippen LogP contribution is -2.12. The van der Waals surface area contributed by atoms with Crippen LogP contribution in [-0.4, -0.2) is 64.6 Å². The first-order chi connectivity index (χ1) is 12.3. The van der Waals surface area contributed by atoms with E-state index in [2.05, 4.69) is 13.8 Å². The topological polar surface area (TPSA) is 57.2 Å². The molecule has 1 unspecified atom stereocenters. The Labute approximate surface area is 155 Å². The van der Waals surface area contributed by atoms with Crippen molar-refractivity contribution in [3.05, 3.63) is 0 Å². The third-order valence-electron chi connectivity index (χ3n) is 4.30. The Bertz CT molecular complexity index is 238. The molecule has 0 aliphatic rings. The second-order valence-electron chi connectivity index (χ2n) is 6.44. The summed E-state index contributed by atoms with van der Waals surface area (Å²) in [7, 11) is 0. The smallest absolute Gasteiger partial charge is 0.0701 e. The number of rotatable bonds is 21. The molecule has 0 spiro atoms. The molecule has 0 amide bonds. The second-order valence-corrected chi connectivity index (χ2v) is 6.44. The summed E-state index contributed by atoms with van der Waals surface area (Å²) in [6.45, 7) is 9.34. The number of hydrogen-bond acceptors (Lipinski definition) is 5. The van der Waals surface area contributed by atoms with Crippen LogP contribution in [0.1, 0.15) is 65.2 Å². The summed E-state index contributed by atoms with van der Waals surface area (Å²) in [5, 5.41) is 8.54. The fourth-order valence-electron chi connectivity index (χ4n) is 2.70.